The molecule has 6 heteroatoms. The zero-order valence-electron chi connectivity index (χ0n) is 18.6. The minimum Gasteiger partial charge on any atom is -0.493 e. The highest BCUT2D eigenvalue weighted by Gasteiger charge is 2.34. The molecule has 5 nitrogen and oxygen atoms in total. The van der Waals surface area contributed by atoms with Crippen molar-refractivity contribution >= 4 is 29.0 Å². The van der Waals surface area contributed by atoms with Crippen LogP contribution in [0.5, 0.6) is 11.5 Å². The van der Waals surface area contributed by atoms with Crippen LogP contribution in [0.2, 0.25) is 0 Å². The van der Waals surface area contributed by atoms with Crippen LogP contribution in [-0.4, -0.2) is 29.7 Å². The SMILES string of the molecule is COc1cc(/C=C2\SC(=O)N(CCc3ccccc3)C2=O)ccc1OCc1ccc(C)cc1. The maximum Gasteiger partial charge on any atom is 0.293 e. The fraction of sp³-hybridized carbons (Fsp3) is 0.185. The van der Waals surface area contributed by atoms with Gasteiger partial charge in [0, 0.05) is 6.54 Å². The Morgan fingerprint density at radius 2 is 1.67 bits per heavy atom. The first-order valence-electron chi connectivity index (χ1n) is 10.7. The zero-order valence-corrected chi connectivity index (χ0v) is 19.4. The molecule has 1 aliphatic rings. The highest BCUT2D eigenvalue weighted by molar-refractivity contribution is 8.18. The summed E-state index contributed by atoms with van der Waals surface area (Å²) in [5, 5.41) is -0.243. The van der Waals surface area contributed by atoms with E-state index in [0.717, 1.165) is 28.5 Å². The fourth-order valence-corrected chi connectivity index (χ4v) is 4.33. The van der Waals surface area contributed by atoms with Crippen LogP contribution in [0.3, 0.4) is 0 Å². The maximum absolute atomic E-state index is 12.8. The lowest BCUT2D eigenvalue weighted by molar-refractivity contribution is -0.122. The second kappa shape index (κ2) is 10.4. The summed E-state index contributed by atoms with van der Waals surface area (Å²) in [5.41, 5.74) is 4.12. The van der Waals surface area contributed by atoms with E-state index in [-0.39, 0.29) is 11.1 Å². The van der Waals surface area contributed by atoms with E-state index in [0.29, 0.717) is 36.0 Å². The molecule has 0 saturated carbocycles. The molecule has 3 aromatic rings. The average Bonchev–Trinajstić information content (AvgIpc) is 3.10. The van der Waals surface area contributed by atoms with Crippen LogP contribution in [-0.2, 0) is 17.8 Å². The molecule has 1 aliphatic heterocycles. The number of nitrogens with zero attached hydrogens (tertiary/aromatic N) is 1. The third kappa shape index (κ3) is 5.65. The van der Waals surface area contributed by atoms with E-state index in [4.69, 9.17) is 9.47 Å². The number of ether oxygens (including phenoxy) is 2. The fourth-order valence-electron chi connectivity index (χ4n) is 3.47. The minimum absolute atomic E-state index is 0.243. The van der Waals surface area contributed by atoms with Crippen LogP contribution in [0.1, 0.15) is 22.3 Å². The van der Waals surface area contributed by atoms with E-state index >= 15 is 0 Å². The number of carbonyl (C=O) groups is 2. The zero-order chi connectivity index (χ0) is 23.2. The van der Waals surface area contributed by atoms with Gasteiger partial charge in [-0.25, -0.2) is 0 Å². The summed E-state index contributed by atoms with van der Waals surface area (Å²) in [6.45, 7) is 2.84. The lowest BCUT2D eigenvalue weighted by Crippen LogP contribution is -2.30. The van der Waals surface area contributed by atoms with Gasteiger partial charge in [0.15, 0.2) is 11.5 Å². The Labute approximate surface area is 198 Å². The Morgan fingerprint density at radius 3 is 2.39 bits per heavy atom. The summed E-state index contributed by atoms with van der Waals surface area (Å²) in [4.78, 5) is 26.9. The van der Waals surface area contributed by atoms with Gasteiger partial charge in [-0.3, -0.25) is 14.5 Å². The van der Waals surface area contributed by atoms with Crippen molar-refractivity contribution in [1.29, 1.82) is 0 Å². The number of rotatable bonds is 8. The Kier molecular flexibility index (Phi) is 7.15. The summed E-state index contributed by atoms with van der Waals surface area (Å²) in [7, 11) is 1.58. The van der Waals surface area contributed by atoms with Crippen LogP contribution in [0, 0.1) is 6.92 Å². The van der Waals surface area contributed by atoms with Crippen LogP contribution in [0.15, 0.2) is 77.7 Å². The standard InChI is InChI=1S/C27H25NO4S/c1-19-8-10-21(11-9-19)18-32-23-13-12-22(16-24(23)31-2)17-25-26(29)28(27(30)33-25)15-14-20-6-4-3-5-7-20/h3-13,16-17H,14-15,18H2,1-2H3/b25-17-. The van der Waals surface area contributed by atoms with E-state index in [2.05, 4.69) is 0 Å². The van der Waals surface area contributed by atoms with Crippen molar-refractivity contribution in [3.05, 3.63) is 100.0 Å². The lowest BCUT2D eigenvalue weighted by Gasteiger charge is -2.12. The second-order valence-electron chi connectivity index (χ2n) is 7.75. The average molecular weight is 460 g/mol. The number of benzene rings is 3. The third-order valence-corrected chi connectivity index (χ3v) is 6.25. The van der Waals surface area contributed by atoms with Crippen molar-refractivity contribution in [2.75, 3.05) is 13.7 Å². The molecule has 2 amide bonds. The number of hydrogen-bond acceptors (Lipinski definition) is 5. The first-order chi connectivity index (χ1) is 16.0. The summed E-state index contributed by atoms with van der Waals surface area (Å²) >= 11 is 0.965. The van der Waals surface area contributed by atoms with Gasteiger partial charge in [-0.2, -0.15) is 0 Å². The van der Waals surface area contributed by atoms with Crippen molar-refractivity contribution in [3.63, 3.8) is 0 Å². The summed E-state index contributed by atoms with van der Waals surface area (Å²) in [6.07, 6.45) is 2.35. The van der Waals surface area contributed by atoms with Crippen molar-refractivity contribution in [1.82, 2.24) is 4.90 Å². The van der Waals surface area contributed by atoms with E-state index in [1.54, 1.807) is 13.2 Å². The van der Waals surface area contributed by atoms with E-state index in [1.165, 1.54) is 10.5 Å². The molecular weight excluding hydrogens is 434 g/mol. The molecule has 0 aromatic heterocycles. The summed E-state index contributed by atoms with van der Waals surface area (Å²) in [6, 6.07) is 23.5. The normalized spacial score (nSPS) is 14.7. The van der Waals surface area contributed by atoms with Crippen molar-refractivity contribution in [3.8, 4) is 11.5 Å². The van der Waals surface area contributed by atoms with E-state index in [9.17, 15) is 9.59 Å². The number of amides is 2. The van der Waals surface area contributed by atoms with Gasteiger partial charge in [-0.05, 0) is 60.0 Å². The Bertz CT molecular complexity index is 1170. The van der Waals surface area contributed by atoms with Crippen LogP contribution >= 0.6 is 11.8 Å². The second-order valence-corrected chi connectivity index (χ2v) is 8.75. The van der Waals surface area contributed by atoms with Gasteiger partial charge in [0.25, 0.3) is 11.1 Å². The number of hydrogen-bond donors (Lipinski definition) is 0. The van der Waals surface area contributed by atoms with Crippen molar-refractivity contribution in [2.24, 2.45) is 0 Å². The van der Waals surface area contributed by atoms with Crippen LogP contribution < -0.4 is 9.47 Å². The third-order valence-electron chi connectivity index (χ3n) is 5.34. The number of methoxy groups -OCH3 is 1. The number of carbonyl (C=O) groups excluding carboxylic acids is 2. The molecule has 1 fully saturated rings. The topological polar surface area (TPSA) is 55.8 Å². The van der Waals surface area contributed by atoms with Gasteiger partial charge >= 0.3 is 0 Å². The minimum atomic E-state index is -0.264. The van der Waals surface area contributed by atoms with Gasteiger partial charge in [0.1, 0.15) is 6.61 Å². The number of aryl methyl sites for hydroxylation is 1. The molecule has 168 valence electrons. The number of imide groups is 1. The van der Waals surface area contributed by atoms with Crippen LogP contribution in [0.4, 0.5) is 4.79 Å². The molecule has 0 aliphatic carbocycles. The van der Waals surface area contributed by atoms with E-state index in [1.807, 2.05) is 79.7 Å². The first-order valence-corrected chi connectivity index (χ1v) is 11.5. The molecule has 4 rings (SSSR count). The van der Waals surface area contributed by atoms with Gasteiger partial charge in [0.05, 0.1) is 12.0 Å². The molecule has 33 heavy (non-hydrogen) atoms. The Morgan fingerprint density at radius 1 is 0.909 bits per heavy atom. The molecule has 0 bridgehead atoms. The van der Waals surface area contributed by atoms with Crippen LogP contribution in [0.25, 0.3) is 6.08 Å². The summed E-state index contributed by atoms with van der Waals surface area (Å²) in [5.74, 6) is 0.921. The molecular formula is C27H25NO4S. The highest BCUT2D eigenvalue weighted by atomic mass is 32.2. The van der Waals surface area contributed by atoms with Gasteiger partial charge < -0.3 is 9.47 Å². The number of thioether (sulfide) groups is 1. The lowest BCUT2D eigenvalue weighted by atomic mass is 10.1. The van der Waals surface area contributed by atoms with Crippen molar-refractivity contribution < 1.29 is 19.1 Å². The highest BCUT2D eigenvalue weighted by Crippen LogP contribution is 2.35. The molecule has 3 aromatic carbocycles. The molecule has 0 unspecified atom stereocenters. The van der Waals surface area contributed by atoms with Gasteiger partial charge in [0.2, 0.25) is 0 Å². The Hall–Kier alpha value is -3.51. The molecule has 1 saturated heterocycles. The first kappa shape index (κ1) is 22.7. The predicted molar refractivity (Wildman–Crippen MR) is 131 cm³/mol. The maximum atomic E-state index is 12.8. The Balaban J connectivity index is 1.43. The summed E-state index contributed by atoms with van der Waals surface area (Å²) < 4.78 is 11.4. The molecule has 1 heterocycles. The monoisotopic (exact) mass is 459 g/mol. The quantitative estimate of drug-likeness (QED) is 0.395. The van der Waals surface area contributed by atoms with Gasteiger partial charge in [-0.15, -0.1) is 0 Å². The van der Waals surface area contributed by atoms with E-state index < -0.39 is 0 Å². The van der Waals surface area contributed by atoms with Gasteiger partial charge in [-0.1, -0.05) is 66.2 Å². The molecule has 0 spiro atoms. The molecule has 0 N–H and O–H groups in total. The molecule has 0 radical (unpaired) electrons. The smallest absolute Gasteiger partial charge is 0.293 e. The van der Waals surface area contributed by atoms with Crippen molar-refractivity contribution in [2.45, 2.75) is 20.0 Å². The molecule has 0 atom stereocenters. The largest absolute Gasteiger partial charge is 0.493 e. The predicted octanol–water partition coefficient (Wildman–Crippen LogP) is 5.86.